The molecule has 0 fully saturated rings. The van der Waals surface area contributed by atoms with Crippen LogP contribution in [-0.4, -0.2) is 35.6 Å². The van der Waals surface area contributed by atoms with E-state index in [1.807, 2.05) is 0 Å². The lowest BCUT2D eigenvalue weighted by molar-refractivity contribution is -0.143. The van der Waals surface area contributed by atoms with Crippen molar-refractivity contribution in [2.45, 2.75) is 25.3 Å². The molecule has 4 aromatic carbocycles. The summed E-state index contributed by atoms with van der Waals surface area (Å²) in [5, 5.41) is 8.59. The van der Waals surface area contributed by atoms with Crippen molar-refractivity contribution in [1.29, 1.82) is 0 Å². The van der Waals surface area contributed by atoms with Gasteiger partial charge in [-0.15, -0.1) is 0 Å². The predicted molar refractivity (Wildman–Crippen MR) is 145 cm³/mol. The van der Waals surface area contributed by atoms with Gasteiger partial charge in [-0.3, -0.25) is 4.79 Å². The molecule has 0 saturated heterocycles. The molecule has 5 aromatic rings. The molecule has 2 N–H and O–H groups in total. The van der Waals surface area contributed by atoms with Crippen LogP contribution >= 0.6 is 0 Å². The molecule has 0 radical (unpaired) electrons. The minimum Gasteiger partial charge on any atom is -0.468 e. The van der Waals surface area contributed by atoms with Gasteiger partial charge in [-0.25, -0.2) is 4.98 Å². The number of carbonyl (C=O) groups is 1. The van der Waals surface area contributed by atoms with Crippen LogP contribution in [0.15, 0.2) is 97.5 Å². The first kappa shape index (κ1) is 23.8. The maximum atomic E-state index is 12.6. The molecule has 1 atom stereocenters. The second-order valence-corrected chi connectivity index (χ2v) is 9.32. The molecule has 0 spiro atoms. The van der Waals surface area contributed by atoms with E-state index < -0.39 is 6.04 Å². The highest BCUT2D eigenvalue weighted by Crippen LogP contribution is 2.26. The number of nitrogens with one attached hydrogen (secondary N) is 2. The SMILES string of the molecule is COC(=O)[C@H](Cc1cnc[nH]1)NCC(Cc1cccc2ccccc12)Cc1cccc2ccccc12. The van der Waals surface area contributed by atoms with Crippen LogP contribution in [0, 0.1) is 5.92 Å². The summed E-state index contributed by atoms with van der Waals surface area (Å²) in [5.41, 5.74) is 3.55. The minimum atomic E-state index is -0.446. The molecule has 182 valence electrons. The minimum absolute atomic E-state index is 0.265. The van der Waals surface area contributed by atoms with E-state index in [-0.39, 0.29) is 11.9 Å². The quantitative estimate of drug-likeness (QED) is 0.261. The van der Waals surface area contributed by atoms with Gasteiger partial charge in [0.15, 0.2) is 0 Å². The van der Waals surface area contributed by atoms with Crippen molar-refractivity contribution in [2.24, 2.45) is 5.92 Å². The van der Waals surface area contributed by atoms with Crippen molar-refractivity contribution >= 4 is 27.5 Å². The third kappa shape index (κ3) is 5.47. The molecule has 5 nitrogen and oxygen atoms in total. The number of aromatic nitrogens is 2. The van der Waals surface area contributed by atoms with Crippen LogP contribution in [0.4, 0.5) is 0 Å². The Balaban J connectivity index is 1.43. The number of H-pyrrole nitrogens is 1. The zero-order valence-corrected chi connectivity index (χ0v) is 20.5. The average Bonchev–Trinajstić information content (AvgIpc) is 3.44. The molecule has 0 unspecified atom stereocenters. The van der Waals surface area contributed by atoms with Crippen LogP contribution in [0.1, 0.15) is 16.8 Å². The van der Waals surface area contributed by atoms with Gasteiger partial charge in [-0.1, -0.05) is 84.9 Å². The molecular weight excluding hydrogens is 446 g/mol. The van der Waals surface area contributed by atoms with Crippen LogP contribution in [0.5, 0.6) is 0 Å². The standard InChI is InChI=1S/C31H31N3O2/c1-36-31(35)30(18-27-20-32-21-34-27)33-19-22(16-25-12-6-10-23-8-2-4-14-28(23)25)17-26-13-7-11-24-9-3-5-15-29(24)26/h2-15,20-22,30,33H,16-19H2,1H3,(H,32,34)/t30-/m0/s1. The lowest BCUT2D eigenvalue weighted by Crippen LogP contribution is -2.42. The fourth-order valence-electron chi connectivity index (χ4n) is 5.09. The van der Waals surface area contributed by atoms with Crippen LogP contribution in [0.2, 0.25) is 0 Å². The summed E-state index contributed by atoms with van der Waals surface area (Å²) in [6.45, 7) is 0.681. The molecule has 1 heterocycles. The number of carbonyl (C=O) groups excluding carboxylic acids is 1. The fraction of sp³-hybridized carbons (Fsp3) is 0.226. The Morgan fingerprint density at radius 3 is 1.97 bits per heavy atom. The van der Waals surface area contributed by atoms with Crippen LogP contribution in [0.3, 0.4) is 0 Å². The molecule has 36 heavy (non-hydrogen) atoms. The summed E-state index contributed by atoms with van der Waals surface area (Å²) in [7, 11) is 1.44. The van der Waals surface area contributed by atoms with E-state index >= 15 is 0 Å². The number of benzene rings is 4. The lowest BCUT2D eigenvalue weighted by Gasteiger charge is -2.23. The zero-order valence-electron chi connectivity index (χ0n) is 20.5. The van der Waals surface area contributed by atoms with Gasteiger partial charge in [0, 0.05) is 18.3 Å². The van der Waals surface area contributed by atoms with Crippen molar-refractivity contribution in [3.8, 4) is 0 Å². The predicted octanol–water partition coefficient (Wildman–Crippen LogP) is 5.49. The first-order valence-corrected chi connectivity index (χ1v) is 12.4. The molecule has 0 amide bonds. The Kier molecular flexibility index (Phi) is 7.39. The largest absolute Gasteiger partial charge is 0.468 e. The Hall–Kier alpha value is -3.96. The number of rotatable bonds is 10. The number of ether oxygens (including phenoxy) is 1. The first-order chi connectivity index (χ1) is 17.7. The Bertz CT molecular complexity index is 1350. The number of hydrogen-bond acceptors (Lipinski definition) is 4. The second kappa shape index (κ2) is 11.2. The molecular formula is C31H31N3O2. The van der Waals surface area contributed by atoms with Crippen molar-refractivity contribution in [2.75, 3.05) is 13.7 Å². The summed E-state index contributed by atoms with van der Waals surface area (Å²) in [5.74, 6) is 0.00853. The van der Waals surface area contributed by atoms with Crippen molar-refractivity contribution in [3.63, 3.8) is 0 Å². The number of hydrogen-bond donors (Lipinski definition) is 2. The number of nitrogens with zero attached hydrogens (tertiary/aromatic N) is 1. The van der Waals surface area contributed by atoms with Gasteiger partial charge < -0.3 is 15.0 Å². The van der Waals surface area contributed by atoms with Crippen molar-refractivity contribution < 1.29 is 9.53 Å². The van der Waals surface area contributed by atoms with E-state index in [1.165, 1.54) is 39.8 Å². The highest BCUT2D eigenvalue weighted by molar-refractivity contribution is 5.86. The normalized spacial score (nSPS) is 12.3. The number of methoxy groups -OCH3 is 1. The number of imidazole rings is 1. The van der Waals surface area contributed by atoms with Crippen molar-refractivity contribution in [3.05, 3.63) is 114 Å². The van der Waals surface area contributed by atoms with E-state index in [1.54, 1.807) is 12.5 Å². The van der Waals surface area contributed by atoms with Gasteiger partial charge in [0.1, 0.15) is 6.04 Å². The molecule has 0 aliphatic heterocycles. The Morgan fingerprint density at radius 1 is 0.833 bits per heavy atom. The maximum absolute atomic E-state index is 12.6. The first-order valence-electron chi connectivity index (χ1n) is 12.4. The lowest BCUT2D eigenvalue weighted by atomic mass is 9.88. The third-order valence-electron chi connectivity index (χ3n) is 6.89. The molecule has 0 aliphatic rings. The van der Waals surface area contributed by atoms with Crippen molar-refractivity contribution in [1.82, 2.24) is 15.3 Å². The molecule has 0 saturated carbocycles. The number of esters is 1. The number of fused-ring (bicyclic) bond motifs is 2. The van der Waals surface area contributed by atoms with E-state index in [0.29, 0.717) is 13.0 Å². The fourth-order valence-corrected chi connectivity index (χ4v) is 5.09. The molecule has 1 aromatic heterocycles. The monoisotopic (exact) mass is 477 g/mol. The summed E-state index contributed by atoms with van der Waals surface area (Å²) in [6.07, 6.45) is 5.68. The summed E-state index contributed by atoms with van der Waals surface area (Å²) >= 11 is 0. The van der Waals surface area contributed by atoms with E-state index in [2.05, 4.69) is 100 Å². The zero-order chi connectivity index (χ0) is 24.7. The summed E-state index contributed by atoms with van der Waals surface area (Å²) in [6, 6.07) is 29.7. The van der Waals surface area contributed by atoms with Gasteiger partial charge in [0.05, 0.1) is 13.4 Å². The summed E-state index contributed by atoms with van der Waals surface area (Å²) in [4.78, 5) is 19.8. The topological polar surface area (TPSA) is 67.0 Å². The molecule has 5 rings (SSSR count). The van der Waals surface area contributed by atoms with Crippen LogP contribution in [-0.2, 0) is 28.8 Å². The molecule has 0 bridgehead atoms. The summed E-state index contributed by atoms with van der Waals surface area (Å²) < 4.78 is 5.11. The number of aromatic amines is 1. The smallest absolute Gasteiger partial charge is 0.323 e. The highest BCUT2D eigenvalue weighted by atomic mass is 16.5. The van der Waals surface area contributed by atoms with Gasteiger partial charge >= 0.3 is 5.97 Å². The van der Waals surface area contributed by atoms with Gasteiger partial charge in [-0.05, 0) is 58.0 Å². The van der Waals surface area contributed by atoms with Gasteiger partial charge in [0.2, 0.25) is 0 Å². The Labute approximate surface area is 211 Å². The van der Waals surface area contributed by atoms with Crippen LogP contribution < -0.4 is 5.32 Å². The molecule has 0 aliphatic carbocycles. The van der Waals surface area contributed by atoms with E-state index in [0.717, 1.165) is 18.5 Å². The average molecular weight is 478 g/mol. The van der Waals surface area contributed by atoms with E-state index in [4.69, 9.17) is 4.74 Å². The molecule has 5 heteroatoms. The Morgan fingerprint density at radius 2 is 1.42 bits per heavy atom. The second-order valence-electron chi connectivity index (χ2n) is 9.32. The third-order valence-corrected chi connectivity index (χ3v) is 6.89. The van der Waals surface area contributed by atoms with Gasteiger partial charge in [-0.2, -0.15) is 0 Å². The highest BCUT2D eigenvalue weighted by Gasteiger charge is 2.22. The van der Waals surface area contributed by atoms with E-state index in [9.17, 15) is 4.79 Å². The maximum Gasteiger partial charge on any atom is 0.323 e. The van der Waals surface area contributed by atoms with Crippen LogP contribution in [0.25, 0.3) is 21.5 Å². The van der Waals surface area contributed by atoms with Gasteiger partial charge in [0.25, 0.3) is 0 Å².